The molecule has 0 aromatic heterocycles. The number of carbonyl (C=O) groups is 2. The fourth-order valence-electron chi connectivity index (χ4n) is 4.19. The zero-order valence-corrected chi connectivity index (χ0v) is 19.3. The summed E-state index contributed by atoms with van der Waals surface area (Å²) in [5.41, 5.74) is 2.39. The van der Waals surface area contributed by atoms with E-state index in [-0.39, 0.29) is 35.5 Å². The maximum absolute atomic E-state index is 12.9. The Morgan fingerprint density at radius 1 is 1.12 bits per heavy atom. The summed E-state index contributed by atoms with van der Waals surface area (Å²) in [7, 11) is -3.74. The normalized spacial score (nSPS) is 19.8. The maximum atomic E-state index is 12.9. The Balaban J connectivity index is 1.41. The molecule has 1 fully saturated rings. The lowest BCUT2D eigenvalue weighted by atomic mass is 9.87. The van der Waals surface area contributed by atoms with Gasteiger partial charge < -0.3 is 14.8 Å². The Kier molecular flexibility index (Phi) is 7.11. The first-order valence-electron chi connectivity index (χ1n) is 11.1. The molecule has 2 aromatic rings. The Hall–Kier alpha value is -2.75. The van der Waals surface area contributed by atoms with Crippen LogP contribution in [0.3, 0.4) is 0 Å². The van der Waals surface area contributed by atoms with Gasteiger partial charge in [-0.05, 0) is 55.5 Å². The molecule has 2 aliphatic rings. The second kappa shape index (κ2) is 10.0. The van der Waals surface area contributed by atoms with Gasteiger partial charge in [-0.3, -0.25) is 4.79 Å². The van der Waals surface area contributed by atoms with E-state index in [1.54, 1.807) is 0 Å². The molecule has 0 spiro atoms. The van der Waals surface area contributed by atoms with Gasteiger partial charge >= 0.3 is 5.97 Å². The van der Waals surface area contributed by atoms with Crippen LogP contribution in [-0.2, 0) is 30.7 Å². The van der Waals surface area contributed by atoms with Crippen LogP contribution in [0.15, 0.2) is 53.4 Å². The Morgan fingerprint density at radius 2 is 1.88 bits per heavy atom. The topological polar surface area (TPSA) is 102 Å². The van der Waals surface area contributed by atoms with Crippen LogP contribution < -0.4 is 5.32 Å². The molecule has 0 radical (unpaired) electrons. The SMILES string of the molecule is CC(OC(=O)c1cccc(S(=O)(=O)N2CCOCC2)c1)C(=O)NC1CCCc2ccccc21. The predicted molar refractivity (Wildman–Crippen MR) is 121 cm³/mol. The molecule has 2 atom stereocenters. The zero-order chi connectivity index (χ0) is 23.4. The number of morpholine rings is 1. The molecule has 33 heavy (non-hydrogen) atoms. The number of nitrogens with one attached hydrogen (secondary N) is 1. The number of nitrogens with zero attached hydrogens (tertiary/aromatic N) is 1. The third-order valence-electron chi connectivity index (χ3n) is 6.02. The highest BCUT2D eigenvalue weighted by molar-refractivity contribution is 7.89. The highest BCUT2D eigenvalue weighted by atomic mass is 32.2. The highest BCUT2D eigenvalue weighted by Crippen LogP contribution is 2.29. The lowest BCUT2D eigenvalue weighted by Crippen LogP contribution is -2.40. The van der Waals surface area contributed by atoms with E-state index in [1.165, 1.54) is 41.1 Å². The number of hydrogen-bond donors (Lipinski definition) is 1. The summed E-state index contributed by atoms with van der Waals surface area (Å²) in [5, 5.41) is 2.98. The predicted octanol–water partition coefficient (Wildman–Crippen LogP) is 2.45. The van der Waals surface area contributed by atoms with Gasteiger partial charge in [0.05, 0.1) is 29.7 Å². The number of fused-ring (bicyclic) bond motifs is 1. The quantitative estimate of drug-likeness (QED) is 0.648. The molecule has 4 rings (SSSR count). The van der Waals surface area contributed by atoms with Crippen molar-refractivity contribution in [2.45, 2.75) is 43.2 Å². The van der Waals surface area contributed by atoms with Crippen LogP contribution in [0.5, 0.6) is 0 Å². The summed E-state index contributed by atoms with van der Waals surface area (Å²) in [4.78, 5) is 25.4. The summed E-state index contributed by atoms with van der Waals surface area (Å²) in [6.45, 7) is 2.70. The van der Waals surface area contributed by atoms with E-state index in [0.717, 1.165) is 24.8 Å². The van der Waals surface area contributed by atoms with Gasteiger partial charge in [-0.2, -0.15) is 4.31 Å². The van der Waals surface area contributed by atoms with Crippen molar-refractivity contribution in [2.75, 3.05) is 26.3 Å². The van der Waals surface area contributed by atoms with Crippen molar-refractivity contribution < 1.29 is 27.5 Å². The van der Waals surface area contributed by atoms with E-state index in [0.29, 0.717) is 13.2 Å². The van der Waals surface area contributed by atoms with Crippen molar-refractivity contribution in [1.82, 2.24) is 9.62 Å². The number of carbonyl (C=O) groups excluding carboxylic acids is 2. The Labute approximate surface area is 193 Å². The summed E-state index contributed by atoms with van der Waals surface area (Å²) < 4.78 is 37.6. The minimum atomic E-state index is -3.74. The number of aryl methyl sites for hydroxylation is 1. The minimum Gasteiger partial charge on any atom is -0.449 e. The van der Waals surface area contributed by atoms with Crippen molar-refractivity contribution in [3.63, 3.8) is 0 Å². The van der Waals surface area contributed by atoms with Crippen molar-refractivity contribution >= 4 is 21.9 Å². The Morgan fingerprint density at radius 3 is 2.67 bits per heavy atom. The molecule has 1 N–H and O–H groups in total. The Bertz CT molecular complexity index is 1130. The van der Waals surface area contributed by atoms with Crippen LogP contribution in [0.25, 0.3) is 0 Å². The van der Waals surface area contributed by atoms with Gasteiger partial charge in [0.1, 0.15) is 0 Å². The average Bonchev–Trinajstić information content (AvgIpc) is 2.84. The van der Waals surface area contributed by atoms with Crippen LogP contribution >= 0.6 is 0 Å². The van der Waals surface area contributed by atoms with E-state index < -0.39 is 22.1 Å². The lowest BCUT2D eigenvalue weighted by Gasteiger charge is -2.27. The third-order valence-corrected chi connectivity index (χ3v) is 7.91. The van der Waals surface area contributed by atoms with E-state index in [2.05, 4.69) is 11.4 Å². The molecule has 1 saturated heterocycles. The summed E-state index contributed by atoms with van der Waals surface area (Å²) in [5.74, 6) is -1.14. The lowest BCUT2D eigenvalue weighted by molar-refractivity contribution is -0.130. The van der Waals surface area contributed by atoms with Gasteiger partial charge in [-0.15, -0.1) is 0 Å². The van der Waals surface area contributed by atoms with Crippen LogP contribution in [-0.4, -0.2) is 57.0 Å². The number of ether oxygens (including phenoxy) is 2. The van der Waals surface area contributed by atoms with Crippen LogP contribution in [0.1, 0.15) is 47.3 Å². The molecule has 9 heteroatoms. The molecule has 1 amide bonds. The smallest absolute Gasteiger partial charge is 0.338 e. The van der Waals surface area contributed by atoms with Gasteiger partial charge in [0.2, 0.25) is 10.0 Å². The zero-order valence-electron chi connectivity index (χ0n) is 18.5. The molecule has 2 aromatic carbocycles. The number of rotatable bonds is 6. The fraction of sp³-hybridized carbons (Fsp3) is 0.417. The van der Waals surface area contributed by atoms with Crippen LogP contribution in [0.2, 0.25) is 0 Å². The largest absolute Gasteiger partial charge is 0.449 e. The molecule has 1 aliphatic carbocycles. The van der Waals surface area contributed by atoms with E-state index in [9.17, 15) is 18.0 Å². The van der Waals surface area contributed by atoms with Crippen LogP contribution in [0.4, 0.5) is 0 Å². The average molecular weight is 473 g/mol. The van der Waals surface area contributed by atoms with Crippen molar-refractivity contribution in [3.8, 4) is 0 Å². The summed E-state index contributed by atoms with van der Waals surface area (Å²) in [6.07, 6.45) is 1.76. The molecule has 8 nitrogen and oxygen atoms in total. The van der Waals surface area contributed by atoms with E-state index in [4.69, 9.17) is 9.47 Å². The van der Waals surface area contributed by atoms with E-state index >= 15 is 0 Å². The number of hydrogen-bond acceptors (Lipinski definition) is 6. The molecule has 1 heterocycles. The van der Waals surface area contributed by atoms with Gasteiger partial charge in [-0.1, -0.05) is 30.3 Å². The molecule has 2 unspecified atom stereocenters. The van der Waals surface area contributed by atoms with Gasteiger partial charge in [0.15, 0.2) is 6.10 Å². The minimum absolute atomic E-state index is 0.00904. The maximum Gasteiger partial charge on any atom is 0.338 e. The molecular formula is C24H28N2O6S. The van der Waals surface area contributed by atoms with Gasteiger partial charge in [0, 0.05) is 13.1 Å². The monoisotopic (exact) mass is 472 g/mol. The molecule has 1 aliphatic heterocycles. The van der Waals surface area contributed by atoms with Crippen molar-refractivity contribution in [2.24, 2.45) is 0 Å². The standard InChI is InChI=1S/C24H28N2O6S/c1-17(23(27)25-22-11-5-7-18-6-2-3-10-21(18)22)32-24(28)19-8-4-9-20(16-19)33(29,30)26-12-14-31-15-13-26/h2-4,6,8-10,16-17,22H,5,7,11-15H2,1H3,(H,25,27). The summed E-state index contributed by atoms with van der Waals surface area (Å²) in [6, 6.07) is 13.6. The van der Waals surface area contributed by atoms with Gasteiger partial charge in [0.25, 0.3) is 5.91 Å². The molecule has 0 bridgehead atoms. The first-order chi connectivity index (χ1) is 15.9. The summed E-state index contributed by atoms with van der Waals surface area (Å²) >= 11 is 0. The second-order valence-corrected chi connectivity index (χ2v) is 10.2. The third kappa shape index (κ3) is 5.26. The van der Waals surface area contributed by atoms with E-state index in [1.807, 2.05) is 18.2 Å². The fourth-order valence-corrected chi connectivity index (χ4v) is 5.65. The number of amides is 1. The molecule has 176 valence electrons. The van der Waals surface area contributed by atoms with Crippen LogP contribution in [0, 0.1) is 0 Å². The van der Waals surface area contributed by atoms with Gasteiger partial charge in [-0.25, -0.2) is 13.2 Å². The highest BCUT2D eigenvalue weighted by Gasteiger charge is 2.28. The molecule has 0 saturated carbocycles. The first kappa shape index (κ1) is 23.4. The first-order valence-corrected chi connectivity index (χ1v) is 12.6. The number of sulfonamides is 1. The van der Waals surface area contributed by atoms with Crippen molar-refractivity contribution in [1.29, 1.82) is 0 Å². The van der Waals surface area contributed by atoms with Crippen molar-refractivity contribution in [3.05, 3.63) is 65.2 Å². The number of esters is 1. The second-order valence-electron chi connectivity index (χ2n) is 8.24. The molecular weight excluding hydrogens is 444 g/mol. The number of benzene rings is 2.